The molecular formula is C24H30FN3O2S2. The standard InChI is InChI=1S/C24H30FN3O2S2/c25-19-6-7-21-18(11-19)5-8-23-22(21)12-24(26)28(23)14-17-3-1-16(2-4-17)13-27-32(29,30)20-9-10-31-15-20/h6-7,9-11,15-17,22-23,26-27H,1-5,8,12-14H2. The number of hydrogen-bond donors (Lipinski definition) is 2. The van der Waals surface area contributed by atoms with Crippen molar-refractivity contribution < 1.29 is 12.8 Å². The summed E-state index contributed by atoms with van der Waals surface area (Å²) in [6.07, 6.45) is 6.82. The molecule has 0 bridgehead atoms. The Morgan fingerprint density at radius 3 is 2.66 bits per heavy atom. The first kappa shape index (κ1) is 22.0. The third-order valence-corrected chi connectivity index (χ3v) is 9.88. The van der Waals surface area contributed by atoms with Crippen molar-refractivity contribution in [3.8, 4) is 0 Å². The number of sulfonamides is 1. The summed E-state index contributed by atoms with van der Waals surface area (Å²) in [6, 6.07) is 7.16. The van der Waals surface area contributed by atoms with E-state index >= 15 is 0 Å². The van der Waals surface area contributed by atoms with Crippen molar-refractivity contribution in [2.24, 2.45) is 11.8 Å². The molecule has 5 nitrogen and oxygen atoms in total. The predicted octanol–water partition coefficient (Wildman–Crippen LogP) is 4.75. The van der Waals surface area contributed by atoms with Gasteiger partial charge in [0.05, 0.1) is 10.7 Å². The van der Waals surface area contributed by atoms with Crippen LogP contribution in [0, 0.1) is 23.1 Å². The number of hydrogen-bond acceptors (Lipinski definition) is 4. The molecule has 172 valence electrons. The minimum atomic E-state index is -3.40. The molecule has 0 spiro atoms. The van der Waals surface area contributed by atoms with Crippen LogP contribution in [0.25, 0.3) is 0 Å². The normalized spacial score (nSPS) is 27.9. The molecule has 2 fully saturated rings. The Morgan fingerprint density at radius 2 is 1.91 bits per heavy atom. The van der Waals surface area contributed by atoms with Gasteiger partial charge in [0, 0.05) is 36.9 Å². The molecule has 0 amide bonds. The molecule has 2 N–H and O–H groups in total. The van der Waals surface area contributed by atoms with Crippen LogP contribution in [-0.4, -0.2) is 38.3 Å². The number of rotatable bonds is 6. The third kappa shape index (κ3) is 4.37. The van der Waals surface area contributed by atoms with E-state index in [0.29, 0.717) is 35.2 Å². The molecular weight excluding hydrogens is 445 g/mol. The zero-order valence-electron chi connectivity index (χ0n) is 18.1. The smallest absolute Gasteiger partial charge is 0.241 e. The van der Waals surface area contributed by atoms with Gasteiger partial charge in [-0.25, -0.2) is 17.5 Å². The van der Waals surface area contributed by atoms with Gasteiger partial charge < -0.3 is 4.90 Å². The lowest BCUT2D eigenvalue weighted by Crippen LogP contribution is -2.41. The Morgan fingerprint density at radius 1 is 1.12 bits per heavy atom. The molecule has 2 aliphatic carbocycles. The first-order valence-corrected chi connectivity index (χ1v) is 14.0. The zero-order valence-corrected chi connectivity index (χ0v) is 19.7. The Kier molecular flexibility index (Phi) is 6.11. The number of halogens is 1. The van der Waals surface area contributed by atoms with E-state index in [1.807, 2.05) is 6.07 Å². The molecule has 5 rings (SSSR count). The summed E-state index contributed by atoms with van der Waals surface area (Å²) < 4.78 is 41.1. The average molecular weight is 476 g/mol. The summed E-state index contributed by atoms with van der Waals surface area (Å²) >= 11 is 1.39. The summed E-state index contributed by atoms with van der Waals surface area (Å²) in [4.78, 5) is 2.68. The number of fused-ring (bicyclic) bond motifs is 3. The van der Waals surface area contributed by atoms with E-state index in [2.05, 4.69) is 9.62 Å². The van der Waals surface area contributed by atoms with Gasteiger partial charge in [-0.05, 0) is 85.1 Å². The fraction of sp³-hybridized carbons (Fsp3) is 0.542. The van der Waals surface area contributed by atoms with Gasteiger partial charge in [-0.15, -0.1) is 0 Å². The van der Waals surface area contributed by atoms with Gasteiger partial charge in [-0.1, -0.05) is 6.07 Å². The minimum absolute atomic E-state index is 0.165. The van der Waals surface area contributed by atoms with Crippen LogP contribution >= 0.6 is 11.3 Å². The molecule has 2 aromatic rings. The molecule has 1 saturated heterocycles. The molecule has 8 heteroatoms. The van der Waals surface area contributed by atoms with Gasteiger partial charge in [0.2, 0.25) is 10.0 Å². The van der Waals surface area contributed by atoms with Crippen LogP contribution in [0.5, 0.6) is 0 Å². The van der Waals surface area contributed by atoms with Gasteiger partial charge in [-0.2, -0.15) is 11.3 Å². The molecule has 1 saturated carbocycles. The Bertz CT molecular complexity index is 1080. The van der Waals surface area contributed by atoms with E-state index < -0.39 is 10.0 Å². The SMILES string of the molecule is N=C1CC2c3ccc(F)cc3CCC2N1CC1CCC(CNS(=O)(=O)c2ccsc2)CC1. The number of likely N-dealkylation sites (tertiary alicyclic amines) is 1. The van der Waals surface area contributed by atoms with Crippen LogP contribution in [0.3, 0.4) is 0 Å². The van der Waals surface area contributed by atoms with Crippen LogP contribution < -0.4 is 4.72 Å². The highest BCUT2D eigenvalue weighted by molar-refractivity contribution is 7.89. The fourth-order valence-corrected chi connectivity index (χ4v) is 8.01. The molecule has 1 aromatic carbocycles. The Labute approximate surface area is 193 Å². The largest absolute Gasteiger partial charge is 0.357 e. The van der Waals surface area contributed by atoms with Gasteiger partial charge in [0.25, 0.3) is 0 Å². The maximum Gasteiger partial charge on any atom is 0.241 e. The van der Waals surface area contributed by atoms with Crippen molar-refractivity contribution in [1.29, 1.82) is 5.41 Å². The molecule has 1 aromatic heterocycles. The molecule has 2 heterocycles. The van der Waals surface area contributed by atoms with Crippen molar-refractivity contribution in [1.82, 2.24) is 9.62 Å². The summed E-state index contributed by atoms with van der Waals surface area (Å²) in [5.74, 6) is 1.80. The maximum atomic E-state index is 13.6. The summed E-state index contributed by atoms with van der Waals surface area (Å²) in [5, 5.41) is 12.1. The van der Waals surface area contributed by atoms with E-state index in [1.165, 1.54) is 16.9 Å². The number of nitrogens with one attached hydrogen (secondary N) is 2. The van der Waals surface area contributed by atoms with Gasteiger partial charge in [0.15, 0.2) is 0 Å². The quantitative estimate of drug-likeness (QED) is 0.633. The second kappa shape index (κ2) is 8.88. The van der Waals surface area contributed by atoms with E-state index in [4.69, 9.17) is 5.41 Å². The fourth-order valence-electron chi connectivity index (χ4n) is 5.87. The third-order valence-electron chi connectivity index (χ3n) is 7.63. The van der Waals surface area contributed by atoms with Crippen LogP contribution in [0.2, 0.25) is 0 Å². The van der Waals surface area contributed by atoms with Gasteiger partial charge in [-0.3, -0.25) is 5.41 Å². The van der Waals surface area contributed by atoms with Crippen molar-refractivity contribution >= 4 is 27.2 Å². The molecule has 0 radical (unpaired) electrons. The number of benzene rings is 1. The number of thiophene rings is 1. The zero-order chi connectivity index (χ0) is 22.3. The maximum absolute atomic E-state index is 13.6. The van der Waals surface area contributed by atoms with Crippen molar-refractivity contribution in [2.75, 3.05) is 13.1 Å². The highest BCUT2D eigenvalue weighted by atomic mass is 32.2. The van der Waals surface area contributed by atoms with Crippen LogP contribution in [0.4, 0.5) is 4.39 Å². The molecule has 32 heavy (non-hydrogen) atoms. The van der Waals surface area contributed by atoms with Gasteiger partial charge >= 0.3 is 0 Å². The lowest BCUT2D eigenvalue weighted by atomic mass is 9.79. The van der Waals surface area contributed by atoms with Crippen molar-refractivity contribution in [2.45, 2.75) is 61.8 Å². The second-order valence-electron chi connectivity index (χ2n) is 9.56. The number of amidine groups is 1. The van der Waals surface area contributed by atoms with E-state index in [9.17, 15) is 12.8 Å². The highest BCUT2D eigenvalue weighted by Crippen LogP contribution is 2.43. The lowest BCUT2D eigenvalue weighted by molar-refractivity contribution is 0.197. The minimum Gasteiger partial charge on any atom is -0.357 e. The Hall–Kier alpha value is -1.77. The molecule has 2 unspecified atom stereocenters. The van der Waals surface area contributed by atoms with E-state index in [-0.39, 0.29) is 5.82 Å². The Balaban J connectivity index is 1.15. The number of nitrogens with zero attached hydrogens (tertiary/aromatic N) is 1. The van der Waals surface area contributed by atoms with E-state index in [1.54, 1.807) is 29.0 Å². The lowest BCUT2D eigenvalue weighted by Gasteiger charge is -2.37. The molecule has 3 aliphatic rings. The topological polar surface area (TPSA) is 73.3 Å². The van der Waals surface area contributed by atoms with Crippen LogP contribution in [0.1, 0.15) is 55.6 Å². The predicted molar refractivity (Wildman–Crippen MR) is 125 cm³/mol. The van der Waals surface area contributed by atoms with E-state index in [0.717, 1.165) is 62.9 Å². The first-order valence-electron chi connectivity index (χ1n) is 11.5. The van der Waals surface area contributed by atoms with Crippen molar-refractivity contribution in [3.05, 3.63) is 52.0 Å². The monoisotopic (exact) mass is 475 g/mol. The van der Waals surface area contributed by atoms with Crippen LogP contribution in [-0.2, 0) is 16.4 Å². The van der Waals surface area contributed by atoms with Gasteiger partial charge in [0.1, 0.15) is 5.82 Å². The first-order chi connectivity index (χ1) is 15.4. The number of aryl methyl sites for hydroxylation is 1. The molecule has 1 aliphatic heterocycles. The average Bonchev–Trinajstić information content (AvgIpc) is 3.42. The van der Waals surface area contributed by atoms with Crippen LogP contribution in [0.15, 0.2) is 39.9 Å². The second-order valence-corrected chi connectivity index (χ2v) is 12.1. The summed E-state index contributed by atoms with van der Waals surface area (Å²) in [7, 11) is -3.40. The molecule has 2 atom stereocenters. The summed E-state index contributed by atoms with van der Waals surface area (Å²) in [5.41, 5.74) is 2.35. The summed E-state index contributed by atoms with van der Waals surface area (Å²) in [6.45, 7) is 1.42. The highest BCUT2D eigenvalue weighted by Gasteiger charge is 2.42. The van der Waals surface area contributed by atoms with Crippen molar-refractivity contribution in [3.63, 3.8) is 0 Å².